The van der Waals surface area contributed by atoms with E-state index in [0.29, 0.717) is 24.6 Å². The van der Waals surface area contributed by atoms with Gasteiger partial charge in [0.25, 0.3) is 10.0 Å². The lowest BCUT2D eigenvalue weighted by atomic mass is 10.2. The summed E-state index contributed by atoms with van der Waals surface area (Å²) in [6.07, 6.45) is 0.462. The molecule has 0 aromatic heterocycles. The van der Waals surface area contributed by atoms with Crippen molar-refractivity contribution >= 4 is 33.1 Å². The molecule has 4 rings (SSSR count). The molecule has 2 aromatic rings. The quantitative estimate of drug-likeness (QED) is 0.766. The van der Waals surface area contributed by atoms with Gasteiger partial charge >= 0.3 is 0 Å². The van der Waals surface area contributed by atoms with Crippen molar-refractivity contribution < 1.29 is 17.9 Å². The van der Waals surface area contributed by atoms with Gasteiger partial charge in [-0.3, -0.25) is 4.79 Å². The summed E-state index contributed by atoms with van der Waals surface area (Å²) in [5, 5.41) is 3.07. The van der Waals surface area contributed by atoms with E-state index >= 15 is 0 Å². The maximum Gasteiger partial charge on any atom is 0.286 e. The summed E-state index contributed by atoms with van der Waals surface area (Å²) in [5.74, 6) is 1.12. The number of amidine groups is 1. The van der Waals surface area contributed by atoms with Crippen molar-refractivity contribution in [3.8, 4) is 5.75 Å². The first-order valence-electron chi connectivity index (χ1n) is 10.2. The second-order valence-corrected chi connectivity index (χ2v) is 9.28. The molecule has 164 valence electrons. The minimum absolute atomic E-state index is 0.00206. The highest BCUT2D eigenvalue weighted by molar-refractivity contribution is 7.90. The van der Waals surface area contributed by atoms with Crippen LogP contribution in [0.1, 0.15) is 18.4 Å². The van der Waals surface area contributed by atoms with E-state index in [4.69, 9.17) is 4.74 Å². The number of hydrogen-bond acceptors (Lipinski definition) is 6. The lowest BCUT2D eigenvalue weighted by Crippen LogP contribution is -2.48. The van der Waals surface area contributed by atoms with Crippen molar-refractivity contribution in [2.24, 2.45) is 4.40 Å². The summed E-state index contributed by atoms with van der Waals surface area (Å²) >= 11 is 0. The standard InChI is InChI=1S/C22H26N4O4S/c1-16-6-7-20-19(14-16)23-21(24-31(20,28)29)8-9-22(27)26-12-10-25(11-13-26)17-4-3-5-18(15-17)30-2/h3-7,14-15H,8-13H2,1-2H3,(H,23,24). The van der Waals surface area contributed by atoms with E-state index in [1.54, 1.807) is 25.3 Å². The van der Waals surface area contributed by atoms with Crippen LogP contribution in [0, 0.1) is 6.92 Å². The third-order valence-corrected chi connectivity index (χ3v) is 6.92. The molecule has 1 fully saturated rings. The Morgan fingerprint density at radius 2 is 1.90 bits per heavy atom. The average molecular weight is 443 g/mol. The molecule has 2 heterocycles. The predicted octanol–water partition coefficient (Wildman–Crippen LogP) is 2.65. The highest BCUT2D eigenvalue weighted by Gasteiger charge is 2.26. The van der Waals surface area contributed by atoms with Gasteiger partial charge in [0, 0.05) is 50.8 Å². The Hall–Kier alpha value is -3.07. The van der Waals surface area contributed by atoms with Crippen LogP contribution in [-0.2, 0) is 14.8 Å². The molecule has 0 saturated carbocycles. The van der Waals surface area contributed by atoms with Gasteiger partial charge < -0.3 is 19.9 Å². The topological polar surface area (TPSA) is 91.3 Å². The van der Waals surface area contributed by atoms with E-state index in [2.05, 4.69) is 14.6 Å². The smallest absolute Gasteiger partial charge is 0.286 e. The zero-order valence-electron chi connectivity index (χ0n) is 17.7. The van der Waals surface area contributed by atoms with Crippen molar-refractivity contribution in [1.82, 2.24) is 4.90 Å². The van der Waals surface area contributed by atoms with Gasteiger partial charge in [-0.25, -0.2) is 0 Å². The first-order chi connectivity index (χ1) is 14.9. The Morgan fingerprint density at radius 1 is 1.13 bits per heavy atom. The molecule has 0 bridgehead atoms. The number of carbonyl (C=O) groups excluding carboxylic acids is 1. The number of hydrogen-bond donors (Lipinski definition) is 1. The number of piperazine rings is 1. The highest BCUT2D eigenvalue weighted by Crippen LogP contribution is 2.29. The molecule has 1 saturated heterocycles. The predicted molar refractivity (Wildman–Crippen MR) is 120 cm³/mol. The van der Waals surface area contributed by atoms with Gasteiger partial charge in [0.05, 0.1) is 12.8 Å². The third-order valence-electron chi connectivity index (χ3n) is 5.55. The van der Waals surface area contributed by atoms with Crippen LogP contribution in [0.2, 0.25) is 0 Å². The molecule has 31 heavy (non-hydrogen) atoms. The monoisotopic (exact) mass is 442 g/mol. The van der Waals surface area contributed by atoms with Crippen LogP contribution >= 0.6 is 0 Å². The molecule has 9 heteroatoms. The van der Waals surface area contributed by atoms with Crippen molar-refractivity contribution in [3.05, 3.63) is 48.0 Å². The van der Waals surface area contributed by atoms with Crippen molar-refractivity contribution in [3.63, 3.8) is 0 Å². The largest absolute Gasteiger partial charge is 0.497 e. The van der Waals surface area contributed by atoms with E-state index in [-0.39, 0.29) is 23.6 Å². The fraction of sp³-hybridized carbons (Fsp3) is 0.364. The average Bonchev–Trinajstić information content (AvgIpc) is 2.76. The molecule has 1 amide bonds. The molecule has 0 aliphatic carbocycles. The van der Waals surface area contributed by atoms with Crippen LogP contribution in [0.4, 0.5) is 11.4 Å². The Labute approximate surface area is 182 Å². The number of anilines is 2. The van der Waals surface area contributed by atoms with Crippen LogP contribution in [0.5, 0.6) is 5.75 Å². The molecule has 0 radical (unpaired) electrons. The molecule has 0 unspecified atom stereocenters. The Balaban J connectivity index is 1.33. The van der Waals surface area contributed by atoms with E-state index in [1.807, 2.05) is 36.1 Å². The van der Waals surface area contributed by atoms with Crippen molar-refractivity contribution in [1.29, 1.82) is 0 Å². The zero-order valence-corrected chi connectivity index (χ0v) is 18.5. The summed E-state index contributed by atoms with van der Waals surface area (Å²) in [7, 11) is -2.10. The SMILES string of the molecule is COc1cccc(N2CCN(C(=O)CCC3=NS(=O)(=O)c4ccc(C)cc4N3)CC2)c1. The molecule has 8 nitrogen and oxygen atoms in total. The van der Waals surface area contributed by atoms with Crippen LogP contribution in [0.15, 0.2) is 51.8 Å². The van der Waals surface area contributed by atoms with Crippen LogP contribution in [0.3, 0.4) is 0 Å². The number of fused-ring (bicyclic) bond motifs is 1. The number of nitrogens with one attached hydrogen (secondary N) is 1. The first kappa shape index (κ1) is 21.2. The van der Waals surface area contributed by atoms with Gasteiger partial charge in [-0.15, -0.1) is 4.40 Å². The van der Waals surface area contributed by atoms with Gasteiger partial charge in [0.1, 0.15) is 16.5 Å². The number of rotatable bonds is 5. The van der Waals surface area contributed by atoms with Gasteiger partial charge in [-0.05, 0) is 36.8 Å². The normalized spacial score (nSPS) is 17.4. The van der Waals surface area contributed by atoms with Gasteiger partial charge in [-0.2, -0.15) is 8.42 Å². The maximum atomic E-state index is 12.7. The Kier molecular flexibility index (Phi) is 5.86. The number of nitrogens with zero attached hydrogens (tertiary/aromatic N) is 3. The second-order valence-electron chi connectivity index (χ2n) is 7.71. The van der Waals surface area contributed by atoms with E-state index < -0.39 is 10.0 Å². The van der Waals surface area contributed by atoms with Crippen molar-refractivity contribution in [2.75, 3.05) is 43.5 Å². The lowest BCUT2D eigenvalue weighted by Gasteiger charge is -2.36. The summed E-state index contributed by atoms with van der Waals surface area (Å²) in [5.41, 5.74) is 2.54. The minimum Gasteiger partial charge on any atom is -0.497 e. The maximum absolute atomic E-state index is 12.7. The van der Waals surface area contributed by atoms with Gasteiger partial charge in [-0.1, -0.05) is 12.1 Å². The number of ether oxygens (including phenoxy) is 1. The van der Waals surface area contributed by atoms with Gasteiger partial charge in [0.15, 0.2) is 0 Å². The fourth-order valence-electron chi connectivity index (χ4n) is 3.85. The third kappa shape index (κ3) is 4.66. The number of methoxy groups -OCH3 is 1. The molecular formula is C22H26N4O4S. The number of aryl methyl sites for hydroxylation is 1. The fourth-order valence-corrected chi connectivity index (χ4v) is 5.01. The van der Waals surface area contributed by atoms with Crippen LogP contribution < -0.4 is 15.0 Å². The van der Waals surface area contributed by atoms with Crippen molar-refractivity contribution in [2.45, 2.75) is 24.7 Å². The molecule has 0 spiro atoms. The Morgan fingerprint density at radius 3 is 2.65 bits per heavy atom. The van der Waals surface area contributed by atoms with Crippen LogP contribution in [-0.4, -0.2) is 58.3 Å². The number of amides is 1. The lowest BCUT2D eigenvalue weighted by molar-refractivity contribution is -0.131. The molecule has 2 aromatic carbocycles. The summed E-state index contributed by atoms with van der Waals surface area (Å²) in [6, 6.07) is 13.0. The molecule has 0 atom stereocenters. The molecular weight excluding hydrogens is 416 g/mol. The molecule has 1 N–H and O–H groups in total. The van der Waals surface area contributed by atoms with E-state index in [1.165, 1.54) is 0 Å². The number of sulfonamides is 1. The first-order valence-corrected chi connectivity index (χ1v) is 11.7. The van der Waals surface area contributed by atoms with E-state index in [0.717, 1.165) is 30.1 Å². The highest BCUT2D eigenvalue weighted by atomic mass is 32.2. The molecule has 2 aliphatic rings. The minimum atomic E-state index is -3.74. The summed E-state index contributed by atoms with van der Waals surface area (Å²) in [6.45, 7) is 4.61. The molecule has 2 aliphatic heterocycles. The second kappa shape index (κ2) is 8.58. The Bertz CT molecular complexity index is 1120. The van der Waals surface area contributed by atoms with E-state index in [9.17, 15) is 13.2 Å². The number of benzene rings is 2. The summed E-state index contributed by atoms with van der Waals surface area (Å²) in [4.78, 5) is 16.9. The zero-order chi connectivity index (χ0) is 22.0. The summed E-state index contributed by atoms with van der Waals surface area (Å²) < 4.78 is 34.0. The van der Waals surface area contributed by atoms with Crippen LogP contribution in [0.25, 0.3) is 0 Å². The van der Waals surface area contributed by atoms with Gasteiger partial charge in [0.2, 0.25) is 5.91 Å². The number of carbonyl (C=O) groups is 1.